The fourth-order valence-corrected chi connectivity index (χ4v) is 2.86. The number of nitro benzene ring substituents is 1. The molecule has 1 aromatic carbocycles. The second kappa shape index (κ2) is 5.92. The Hall–Kier alpha value is -2.41. The quantitative estimate of drug-likeness (QED) is 0.674. The number of thiophene rings is 1. The summed E-state index contributed by atoms with van der Waals surface area (Å²) in [5.41, 5.74) is 0.254. The maximum Gasteiger partial charge on any atom is 0.337 e. The molecule has 7 heteroatoms. The highest BCUT2D eigenvalue weighted by molar-refractivity contribution is 7.10. The van der Waals surface area contributed by atoms with Crippen LogP contribution >= 0.6 is 11.3 Å². The summed E-state index contributed by atoms with van der Waals surface area (Å²) >= 11 is 1.56. The van der Waals surface area contributed by atoms with Gasteiger partial charge in [-0.2, -0.15) is 0 Å². The van der Waals surface area contributed by atoms with Crippen LogP contribution in [0.15, 0.2) is 35.7 Å². The number of nitrogens with zero attached hydrogens (tertiary/aromatic N) is 2. The van der Waals surface area contributed by atoms with Crippen LogP contribution in [0.1, 0.15) is 28.2 Å². The van der Waals surface area contributed by atoms with E-state index in [1.807, 2.05) is 24.4 Å². The molecule has 6 nitrogen and oxygen atoms in total. The van der Waals surface area contributed by atoms with Crippen LogP contribution in [0.25, 0.3) is 0 Å². The number of nitro groups is 1. The molecule has 1 aromatic heterocycles. The predicted octanol–water partition coefficient (Wildman–Crippen LogP) is 3.55. The number of hydrogen-bond donors (Lipinski definition) is 1. The van der Waals surface area contributed by atoms with E-state index in [1.54, 1.807) is 23.3 Å². The molecule has 0 aliphatic rings. The standard InChI is InChI=1S/C14H14N2O4S/c1-9(13-4-3-7-21-13)15(2)12-8-10(16(19)20)5-6-11(12)14(17)18/h3-9H,1-2H3,(H,17,18). The van der Waals surface area contributed by atoms with E-state index < -0.39 is 10.9 Å². The summed E-state index contributed by atoms with van der Waals surface area (Å²) < 4.78 is 0. The molecule has 110 valence electrons. The average Bonchev–Trinajstić information content (AvgIpc) is 2.99. The van der Waals surface area contributed by atoms with Crippen molar-refractivity contribution in [1.82, 2.24) is 0 Å². The van der Waals surface area contributed by atoms with Gasteiger partial charge in [0.05, 0.1) is 22.2 Å². The molecule has 0 aliphatic carbocycles. The zero-order valence-electron chi connectivity index (χ0n) is 11.5. The van der Waals surface area contributed by atoms with Crippen LogP contribution in [0.2, 0.25) is 0 Å². The Morgan fingerprint density at radius 1 is 1.43 bits per heavy atom. The molecular weight excluding hydrogens is 292 g/mol. The van der Waals surface area contributed by atoms with E-state index in [9.17, 15) is 20.0 Å². The van der Waals surface area contributed by atoms with Gasteiger partial charge in [0.2, 0.25) is 0 Å². The van der Waals surface area contributed by atoms with Gasteiger partial charge in [-0.05, 0) is 24.4 Å². The van der Waals surface area contributed by atoms with Crippen LogP contribution in [-0.4, -0.2) is 23.0 Å². The third-order valence-corrected chi connectivity index (χ3v) is 4.38. The maximum atomic E-state index is 11.3. The van der Waals surface area contributed by atoms with Crippen molar-refractivity contribution >= 4 is 28.7 Å². The maximum absolute atomic E-state index is 11.3. The highest BCUT2D eigenvalue weighted by Gasteiger charge is 2.22. The molecule has 2 rings (SSSR count). The van der Waals surface area contributed by atoms with Gasteiger partial charge >= 0.3 is 5.97 Å². The molecule has 21 heavy (non-hydrogen) atoms. The Balaban J connectivity index is 2.46. The number of benzene rings is 1. The van der Waals surface area contributed by atoms with Crippen LogP contribution in [-0.2, 0) is 0 Å². The molecule has 2 aromatic rings. The van der Waals surface area contributed by atoms with E-state index in [-0.39, 0.29) is 17.3 Å². The molecule has 1 unspecified atom stereocenters. The molecular formula is C14H14N2O4S. The molecule has 0 fully saturated rings. The van der Waals surface area contributed by atoms with E-state index in [0.29, 0.717) is 5.69 Å². The smallest absolute Gasteiger partial charge is 0.337 e. The van der Waals surface area contributed by atoms with Gasteiger partial charge < -0.3 is 10.0 Å². The molecule has 1 heterocycles. The van der Waals surface area contributed by atoms with Crippen LogP contribution < -0.4 is 4.90 Å². The summed E-state index contributed by atoms with van der Waals surface area (Å²) in [6, 6.07) is 7.56. The molecule has 0 amide bonds. The van der Waals surface area contributed by atoms with Crippen molar-refractivity contribution in [3.05, 3.63) is 56.3 Å². The van der Waals surface area contributed by atoms with Gasteiger partial charge in [-0.25, -0.2) is 4.79 Å². The zero-order chi connectivity index (χ0) is 15.6. The van der Waals surface area contributed by atoms with Crippen molar-refractivity contribution in [2.75, 3.05) is 11.9 Å². The van der Waals surface area contributed by atoms with E-state index in [2.05, 4.69) is 0 Å². The average molecular weight is 306 g/mol. The lowest BCUT2D eigenvalue weighted by molar-refractivity contribution is -0.384. The highest BCUT2D eigenvalue weighted by atomic mass is 32.1. The predicted molar refractivity (Wildman–Crippen MR) is 81.2 cm³/mol. The summed E-state index contributed by atoms with van der Waals surface area (Å²) in [6.07, 6.45) is 0. The van der Waals surface area contributed by atoms with Crippen LogP contribution in [0.3, 0.4) is 0 Å². The molecule has 0 aliphatic heterocycles. The third-order valence-electron chi connectivity index (χ3n) is 3.34. The molecule has 1 N–H and O–H groups in total. The van der Waals surface area contributed by atoms with Crippen molar-refractivity contribution in [2.45, 2.75) is 13.0 Å². The van der Waals surface area contributed by atoms with Gasteiger partial charge in [0.15, 0.2) is 0 Å². The number of non-ortho nitro benzene ring substituents is 1. The fourth-order valence-electron chi connectivity index (χ4n) is 2.03. The van der Waals surface area contributed by atoms with Crippen LogP contribution in [0.4, 0.5) is 11.4 Å². The molecule has 0 radical (unpaired) electrons. The number of carboxylic acids is 1. The van der Waals surface area contributed by atoms with Gasteiger partial charge in [0.1, 0.15) is 0 Å². The minimum Gasteiger partial charge on any atom is -0.478 e. The fraction of sp³-hybridized carbons (Fsp3) is 0.214. The van der Waals surface area contributed by atoms with E-state index in [1.165, 1.54) is 18.2 Å². The largest absolute Gasteiger partial charge is 0.478 e. The lowest BCUT2D eigenvalue weighted by atomic mass is 10.1. The Labute approximate surface area is 125 Å². The Bertz CT molecular complexity index is 670. The first-order chi connectivity index (χ1) is 9.91. The zero-order valence-corrected chi connectivity index (χ0v) is 12.3. The van der Waals surface area contributed by atoms with E-state index >= 15 is 0 Å². The minimum absolute atomic E-state index is 0.0477. The van der Waals surface area contributed by atoms with Crippen molar-refractivity contribution in [1.29, 1.82) is 0 Å². The lowest BCUT2D eigenvalue weighted by Crippen LogP contribution is -2.23. The number of carboxylic acid groups (broad SMARTS) is 1. The number of anilines is 1. The third kappa shape index (κ3) is 3.03. The van der Waals surface area contributed by atoms with Crippen LogP contribution in [0, 0.1) is 10.1 Å². The first kappa shape index (κ1) is 15.0. The normalized spacial score (nSPS) is 11.9. The number of carbonyl (C=O) groups is 1. The lowest BCUT2D eigenvalue weighted by Gasteiger charge is -2.27. The van der Waals surface area contributed by atoms with Gasteiger partial charge in [0.25, 0.3) is 5.69 Å². The van der Waals surface area contributed by atoms with Crippen molar-refractivity contribution < 1.29 is 14.8 Å². The molecule has 0 saturated heterocycles. The Kier molecular flexibility index (Phi) is 4.23. The summed E-state index contributed by atoms with van der Waals surface area (Å²) in [5, 5.41) is 22.1. The summed E-state index contributed by atoms with van der Waals surface area (Å²) in [7, 11) is 1.73. The molecule has 1 atom stereocenters. The summed E-state index contributed by atoms with van der Waals surface area (Å²) in [4.78, 5) is 24.5. The van der Waals surface area contributed by atoms with Gasteiger partial charge in [-0.1, -0.05) is 6.07 Å². The Morgan fingerprint density at radius 2 is 2.14 bits per heavy atom. The second-order valence-corrected chi connectivity index (χ2v) is 5.55. The minimum atomic E-state index is -1.11. The first-order valence-corrected chi connectivity index (χ1v) is 7.07. The topological polar surface area (TPSA) is 83.7 Å². The molecule has 0 spiro atoms. The van der Waals surface area contributed by atoms with Crippen molar-refractivity contribution in [3.8, 4) is 0 Å². The molecule has 0 saturated carbocycles. The number of hydrogen-bond acceptors (Lipinski definition) is 5. The molecule has 0 bridgehead atoms. The first-order valence-electron chi connectivity index (χ1n) is 6.19. The van der Waals surface area contributed by atoms with Crippen molar-refractivity contribution in [3.63, 3.8) is 0 Å². The van der Waals surface area contributed by atoms with Gasteiger partial charge in [-0.3, -0.25) is 10.1 Å². The summed E-state index contributed by atoms with van der Waals surface area (Å²) in [6.45, 7) is 1.93. The second-order valence-electron chi connectivity index (χ2n) is 4.57. The summed E-state index contributed by atoms with van der Waals surface area (Å²) in [5.74, 6) is -1.11. The Morgan fingerprint density at radius 3 is 2.67 bits per heavy atom. The number of aromatic carboxylic acids is 1. The van der Waals surface area contributed by atoms with Crippen molar-refractivity contribution in [2.24, 2.45) is 0 Å². The monoisotopic (exact) mass is 306 g/mol. The number of rotatable bonds is 5. The van der Waals surface area contributed by atoms with E-state index in [4.69, 9.17) is 0 Å². The van der Waals surface area contributed by atoms with E-state index in [0.717, 1.165) is 4.88 Å². The highest BCUT2D eigenvalue weighted by Crippen LogP contribution is 2.32. The van der Waals surface area contributed by atoms with Gasteiger partial charge in [0, 0.05) is 24.1 Å². The SMILES string of the molecule is CC(c1cccs1)N(C)c1cc([N+](=O)[O-])ccc1C(=O)O. The van der Waals surface area contributed by atoms with Gasteiger partial charge in [-0.15, -0.1) is 11.3 Å². The van der Waals surface area contributed by atoms with Crippen LogP contribution in [0.5, 0.6) is 0 Å².